The van der Waals surface area contributed by atoms with Gasteiger partial charge in [0.2, 0.25) is 0 Å². The molecule has 0 spiro atoms. The molecular weight excluding hydrogens is 440 g/mol. The van der Waals surface area contributed by atoms with Gasteiger partial charge in [0, 0.05) is 0 Å². The highest BCUT2D eigenvalue weighted by molar-refractivity contribution is 6.25. The molecule has 0 amide bonds. The van der Waals surface area contributed by atoms with E-state index in [0.717, 1.165) is 43.8 Å². The monoisotopic (exact) mass is 462 g/mol. The van der Waals surface area contributed by atoms with Gasteiger partial charge in [-0.3, -0.25) is 0 Å². The molecule has 0 heterocycles. The SMILES string of the molecule is Oc1ccc(-c2c3cc4ccccc4cc3c(-c3ccc(O)cc3)c3cc4ccccc4cc23)cc1. The van der Waals surface area contributed by atoms with E-state index >= 15 is 0 Å². The maximum Gasteiger partial charge on any atom is 0.115 e. The van der Waals surface area contributed by atoms with Gasteiger partial charge in [-0.2, -0.15) is 0 Å². The van der Waals surface area contributed by atoms with E-state index in [1.807, 2.05) is 24.3 Å². The predicted molar refractivity (Wildman–Crippen MR) is 151 cm³/mol. The fourth-order valence-corrected chi connectivity index (χ4v) is 5.48. The highest BCUT2D eigenvalue weighted by Crippen LogP contribution is 2.46. The van der Waals surface area contributed by atoms with Crippen molar-refractivity contribution in [1.82, 2.24) is 0 Å². The van der Waals surface area contributed by atoms with Gasteiger partial charge in [0.15, 0.2) is 0 Å². The van der Waals surface area contributed by atoms with E-state index in [1.165, 1.54) is 21.5 Å². The molecule has 0 atom stereocenters. The van der Waals surface area contributed by atoms with Gasteiger partial charge in [0.05, 0.1) is 0 Å². The summed E-state index contributed by atoms with van der Waals surface area (Å²) in [6.07, 6.45) is 0. The minimum absolute atomic E-state index is 0.254. The second kappa shape index (κ2) is 7.86. The quantitative estimate of drug-likeness (QED) is 0.252. The first-order valence-electron chi connectivity index (χ1n) is 12.1. The Hall–Kier alpha value is -4.82. The first kappa shape index (κ1) is 20.5. The average molecular weight is 463 g/mol. The van der Waals surface area contributed by atoms with Gasteiger partial charge in [0.25, 0.3) is 0 Å². The van der Waals surface area contributed by atoms with Crippen LogP contribution in [0.15, 0.2) is 121 Å². The summed E-state index contributed by atoms with van der Waals surface area (Å²) in [5.41, 5.74) is 4.43. The molecule has 2 nitrogen and oxygen atoms in total. The van der Waals surface area contributed by atoms with E-state index in [0.29, 0.717) is 0 Å². The smallest absolute Gasteiger partial charge is 0.115 e. The van der Waals surface area contributed by atoms with Crippen LogP contribution in [0.2, 0.25) is 0 Å². The van der Waals surface area contributed by atoms with Crippen LogP contribution in [0, 0.1) is 0 Å². The lowest BCUT2D eigenvalue weighted by Gasteiger charge is -2.19. The molecule has 7 rings (SSSR count). The third-order valence-electron chi connectivity index (χ3n) is 7.16. The summed E-state index contributed by atoms with van der Waals surface area (Å²) in [5.74, 6) is 0.507. The van der Waals surface area contributed by atoms with Gasteiger partial charge in [0.1, 0.15) is 11.5 Å². The fourth-order valence-electron chi connectivity index (χ4n) is 5.48. The van der Waals surface area contributed by atoms with Crippen LogP contribution in [0.25, 0.3) is 65.3 Å². The second-order valence-electron chi connectivity index (χ2n) is 9.33. The molecule has 7 aromatic rings. The van der Waals surface area contributed by atoms with E-state index in [-0.39, 0.29) is 11.5 Å². The first-order valence-corrected chi connectivity index (χ1v) is 12.1. The van der Waals surface area contributed by atoms with Gasteiger partial charge in [-0.25, -0.2) is 0 Å². The molecule has 170 valence electrons. The largest absolute Gasteiger partial charge is 0.508 e. The van der Waals surface area contributed by atoms with E-state index in [9.17, 15) is 10.2 Å². The predicted octanol–water partition coefficient (Wildman–Crippen LogP) is 9.04. The Kier molecular flexibility index (Phi) is 4.49. The Morgan fingerprint density at radius 1 is 0.333 bits per heavy atom. The Balaban J connectivity index is 1.76. The third-order valence-corrected chi connectivity index (χ3v) is 7.16. The third kappa shape index (κ3) is 3.19. The summed E-state index contributed by atoms with van der Waals surface area (Å²) in [4.78, 5) is 0. The maximum atomic E-state index is 10.0. The van der Waals surface area contributed by atoms with Crippen molar-refractivity contribution in [2.24, 2.45) is 0 Å². The van der Waals surface area contributed by atoms with Crippen molar-refractivity contribution in [2.75, 3.05) is 0 Å². The molecule has 0 fully saturated rings. The van der Waals surface area contributed by atoms with E-state index in [2.05, 4.69) is 72.8 Å². The molecule has 0 aliphatic carbocycles. The molecule has 0 aromatic heterocycles. The van der Waals surface area contributed by atoms with Crippen LogP contribution in [0.3, 0.4) is 0 Å². The first-order chi connectivity index (χ1) is 17.7. The van der Waals surface area contributed by atoms with Crippen molar-refractivity contribution in [1.29, 1.82) is 0 Å². The summed E-state index contributed by atoms with van der Waals surface area (Å²) >= 11 is 0. The fraction of sp³-hybridized carbons (Fsp3) is 0. The normalized spacial score (nSPS) is 11.6. The number of hydrogen-bond acceptors (Lipinski definition) is 2. The van der Waals surface area contributed by atoms with Gasteiger partial charge in [-0.15, -0.1) is 0 Å². The van der Waals surface area contributed by atoms with E-state index in [4.69, 9.17) is 0 Å². The van der Waals surface area contributed by atoms with Crippen molar-refractivity contribution in [3.8, 4) is 33.8 Å². The molecule has 0 saturated heterocycles. The molecule has 0 aliphatic heterocycles. The lowest BCUT2D eigenvalue weighted by atomic mass is 9.84. The molecule has 0 unspecified atom stereocenters. The Bertz CT molecular complexity index is 1690. The molecule has 0 saturated carbocycles. The highest BCUT2D eigenvalue weighted by Gasteiger charge is 2.18. The molecule has 2 heteroatoms. The zero-order valence-electron chi connectivity index (χ0n) is 19.4. The van der Waals surface area contributed by atoms with Crippen LogP contribution in [-0.2, 0) is 0 Å². The highest BCUT2D eigenvalue weighted by atomic mass is 16.3. The number of aromatic hydroxyl groups is 2. The number of hydrogen-bond donors (Lipinski definition) is 2. The molecule has 2 N–H and O–H groups in total. The molecule has 7 aromatic carbocycles. The van der Waals surface area contributed by atoms with Crippen LogP contribution in [0.4, 0.5) is 0 Å². The van der Waals surface area contributed by atoms with Crippen molar-refractivity contribution in [3.63, 3.8) is 0 Å². The van der Waals surface area contributed by atoms with Crippen LogP contribution >= 0.6 is 0 Å². The standard InChI is InChI=1S/C34H22O2/c35-27-13-9-21(10-14-27)33-29-17-23-5-1-2-6-24(23)18-30(29)34(22-11-15-28(36)16-12-22)32-20-26-8-4-3-7-25(26)19-31(32)33/h1-20,35-36H. The van der Waals surface area contributed by atoms with Crippen LogP contribution in [-0.4, -0.2) is 10.2 Å². The summed E-state index contributed by atoms with van der Waals surface area (Å²) in [6, 6.07) is 41.0. The topological polar surface area (TPSA) is 40.5 Å². The Labute approximate surface area is 208 Å². The second-order valence-corrected chi connectivity index (χ2v) is 9.33. The number of phenolic OH excluding ortho intramolecular Hbond substituents is 2. The minimum Gasteiger partial charge on any atom is -0.508 e. The van der Waals surface area contributed by atoms with Crippen molar-refractivity contribution >= 4 is 43.1 Å². The number of rotatable bonds is 2. The molecule has 36 heavy (non-hydrogen) atoms. The number of phenols is 2. The maximum absolute atomic E-state index is 10.0. The van der Waals surface area contributed by atoms with Gasteiger partial charge >= 0.3 is 0 Å². The zero-order chi connectivity index (χ0) is 24.2. The summed E-state index contributed by atoms with van der Waals surface area (Å²) < 4.78 is 0. The molecule has 0 aliphatic rings. The summed E-state index contributed by atoms with van der Waals surface area (Å²) in [6.45, 7) is 0. The number of fused-ring (bicyclic) bond motifs is 4. The van der Waals surface area contributed by atoms with Crippen LogP contribution in [0.1, 0.15) is 0 Å². The molecular formula is C34H22O2. The lowest BCUT2D eigenvalue weighted by molar-refractivity contribution is 0.475. The lowest BCUT2D eigenvalue weighted by Crippen LogP contribution is -1.92. The van der Waals surface area contributed by atoms with Crippen LogP contribution in [0.5, 0.6) is 11.5 Å². The van der Waals surface area contributed by atoms with Gasteiger partial charge in [-0.1, -0.05) is 72.8 Å². The molecule has 0 radical (unpaired) electrons. The van der Waals surface area contributed by atoms with Crippen molar-refractivity contribution in [2.45, 2.75) is 0 Å². The average Bonchev–Trinajstić information content (AvgIpc) is 2.91. The summed E-state index contributed by atoms with van der Waals surface area (Å²) in [5, 5.41) is 29.4. The Morgan fingerprint density at radius 3 is 0.889 bits per heavy atom. The van der Waals surface area contributed by atoms with Crippen molar-refractivity contribution < 1.29 is 10.2 Å². The Morgan fingerprint density at radius 2 is 0.611 bits per heavy atom. The van der Waals surface area contributed by atoms with E-state index in [1.54, 1.807) is 24.3 Å². The van der Waals surface area contributed by atoms with Crippen LogP contribution < -0.4 is 0 Å². The van der Waals surface area contributed by atoms with Gasteiger partial charge < -0.3 is 10.2 Å². The minimum atomic E-state index is 0.254. The van der Waals surface area contributed by atoms with Gasteiger partial charge in [-0.05, 0) is 114 Å². The molecule has 0 bridgehead atoms. The van der Waals surface area contributed by atoms with E-state index < -0.39 is 0 Å². The number of benzene rings is 7. The zero-order valence-corrected chi connectivity index (χ0v) is 19.4. The van der Waals surface area contributed by atoms with Crippen molar-refractivity contribution in [3.05, 3.63) is 121 Å². The summed E-state index contributed by atoms with van der Waals surface area (Å²) in [7, 11) is 0.